The summed E-state index contributed by atoms with van der Waals surface area (Å²) in [5.41, 5.74) is -3.01. The summed E-state index contributed by atoms with van der Waals surface area (Å²) in [5.74, 6) is -6.13. The third-order valence-corrected chi connectivity index (χ3v) is 9.35. The van der Waals surface area contributed by atoms with Crippen molar-refractivity contribution < 1.29 is 266 Å². The number of likely N-dealkylation sites (tertiary alicyclic amines) is 1. The third-order valence-electron chi connectivity index (χ3n) is 7.65. The van der Waals surface area contributed by atoms with Crippen LogP contribution in [0.2, 0.25) is 0 Å². The molecule has 2 amide bonds. The molecule has 24 heteroatoms. The molecular weight excluding hydrogens is 871 g/mol. The van der Waals surface area contributed by atoms with Gasteiger partial charge in [-0.15, -0.1) is 0 Å². The number of aromatic hydroxyl groups is 1. The Labute approximate surface area is 484 Å². The van der Waals surface area contributed by atoms with Gasteiger partial charge in [0.05, 0.1) is 44.2 Å². The molecule has 18 nitrogen and oxygen atoms in total. The number of carboxylic acid groups (broad SMARTS) is 2. The molecule has 55 heavy (non-hydrogen) atoms. The maximum atomic E-state index is 13.6. The molecule has 3 aromatic rings. The molecule has 266 valence electrons. The summed E-state index contributed by atoms with van der Waals surface area (Å²) in [6.07, 6.45) is 6.31. The van der Waals surface area contributed by atoms with Gasteiger partial charge < -0.3 is 38.9 Å². The van der Waals surface area contributed by atoms with E-state index >= 15 is 0 Å². The van der Waals surface area contributed by atoms with Crippen LogP contribution in [0.25, 0.3) is 11.8 Å². The number of amides is 2. The van der Waals surface area contributed by atoms with Crippen molar-refractivity contribution in [1.82, 2.24) is 14.7 Å². The van der Waals surface area contributed by atoms with Crippen molar-refractivity contribution in [2.24, 2.45) is 5.10 Å². The molecule has 3 heterocycles. The van der Waals surface area contributed by atoms with Gasteiger partial charge in [-0.1, -0.05) is 0 Å². The van der Waals surface area contributed by atoms with Gasteiger partial charge in [0.1, 0.15) is 31.6 Å². The Kier molecular flexibility index (Phi) is 22.4. The van der Waals surface area contributed by atoms with Crippen LogP contribution in [0.15, 0.2) is 92.8 Å². The number of hydrogen-bond donors (Lipinski definition) is 1. The minimum Gasteiger partial charge on any atom is -0.744 e. The Morgan fingerprint density at radius 2 is 1.27 bits per heavy atom. The van der Waals surface area contributed by atoms with E-state index in [1.54, 1.807) is 0 Å². The molecule has 0 radical (unpaired) electrons. The van der Waals surface area contributed by atoms with Crippen LogP contribution < -0.4 is 221 Å². The van der Waals surface area contributed by atoms with E-state index in [4.69, 9.17) is 0 Å². The summed E-state index contributed by atoms with van der Waals surface area (Å²) in [6.45, 7) is 0.688. The Hall–Kier alpha value is 0.585. The summed E-state index contributed by atoms with van der Waals surface area (Å²) in [6, 6.07) is 7.89. The first kappa shape index (κ1) is 53.6. The summed E-state index contributed by atoms with van der Waals surface area (Å²) >= 11 is 0. The first-order valence-corrected chi connectivity index (χ1v) is 17.5. The van der Waals surface area contributed by atoms with Gasteiger partial charge in [-0.3, -0.25) is 9.59 Å². The number of aromatic carboxylic acids is 1. The fourth-order valence-corrected chi connectivity index (χ4v) is 6.07. The fraction of sp³-hybridized carbons (Fsp3) is 0.161. The van der Waals surface area contributed by atoms with Gasteiger partial charge in [-0.05, 0) is 92.1 Å². The first-order valence-electron chi connectivity index (χ1n) is 14.7. The minimum atomic E-state index is -4.82. The molecule has 1 fully saturated rings. The number of benzene rings is 2. The van der Waals surface area contributed by atoms with E-state index in [1.807, 2.05) is 0 Å². The molecule has 1 aromatic heterocycles. The van der Waals surface area contributed by atoms with Gasteiger partial charge in [0.2, 0.25) is 5.88 Å². The van der Waals surface area contributed by atoms with Crippen LogP contribution in [0.1, 0.15) is 35.3 Å². The second-order valence-electron chi connectivity index (χ2n) is 10.9. The zero-order chi connectivity index (χ0) is 37.2. The average Bonchev–Trinajstić information content (AvgIpc) is 3.60. The van der Waals surface area contributed by atoms with E-state index in [2.05, 4.69) is 10.2 Å². The number of hydrogen-bond acceptors (Lipinski definition) is 15. The van der Waals surface area contributed by atoms with Gasteiger partial charge in [0, 0.05) is 18.7 Å². The van der Waals surface area contributed by atoms with Crippen LogP contribution in [0, 0.1) is 0 Å². The molecule has 1 saturated heterocycles. The quantitative estimate of drug-likeness (QED) is 0.0857. The number of carbonyl (C=O) groups is 4. The monoisotopic (exact) mass is 893 g/mol. The van der Waals surface area contributed by atoms with Crippen molar-refractivity contribution >= 4 is 61.5 Å². The predicted octanol–water partition coefficient (Wildman–Crippen LogP) is -13.2. The molecule has 0 atom stereocenters. The second kappa shape index (κ2) is 23.0. The second-order valence-corrected chi connectivity index (χ2v) is 13.7. The minimum absolute atomic E-state index is 0. The number of aliphatic carboxylic acids is 1. The molecular formula is C31H23K4N5O13S2. The molecule has 1 N–H and O–H groups in total. The van der Waals surface area contributed by atoms with Crippen LogP contribution in [-0.2, 0) is 34.6 Å². The Balaban J connectivity index is 0.00000378. The van der Waals surface area contributed by atoms with Crippen LogP contribution in [0.5, 0.6) is 5.88 Å². The van der Waals surface area contributed by atoms with Gasteiger partial charge in [0.25, 0.3) is 11.8 Å². The number of hydrazone groups is 1. The van der Waals surface area contributed by atoms with Crippen molar-refractivity contribution in [2.45, 2.75) is 29.1 Å². The van der Waals surface area contributed by atoms with E-state index in [9.17, 15) is 60.4 Å². The van der Waals surface area contributed by atoms with Crippen molar-refractivity contribution in [3.8, 4) is 11.6 Å². The summed E-state index contributed by atoms with van der Waals surface area (Å²) < 4.78 is 68.4. The van der Waals surface area contributed by atoms with E-state index in [0.29, 0.717) is 30.9 Å². The van der Waals surface area contributed by atoms with Crippen molar-refractivity contribution in [3.63, 3.8) is 0 Å². The smallest absolute Gasteiger partial charge is 0.744 e. The SMILES string of the molecule is O=C([O-])C1=NN(c2ccc(S(=O)(=O)[O-])cc2)C(=O)\C1=C/C=C(/C=C/c1c(C(=O)[O-])nn(-c2ccc(S(=O)(=O)[O-])cc2)c1O)C(=O)N1CCCCC1.[K+].[K+].[K+].[K+]. The Morgan fingerprint density at radius 3 is 1.75 bits per heavy atom. The van der Waals surface area contributed by atoms with E-state index in [1.165, 1.54) is 4.90 Å². The molecule has 2 aromatic carbocycles. The largest absolute Gasteiger partial charge is 1.00 e. The zero-order valence-electron chi connectivity index (χ0n) is 29.9. The molecule has 0 bridgehead atoms. The molecule has 0 unspecified atom stereocenters. The maximum absolute atomic E-state index is 13.6. The normalized spacial score (nSPS) is 15.4. The first-order chi connectivity index (χ1) is 24.0. The van der Waals surface area contributed by atoms with Gasteiger partial charge in [-0.2, -0.15) is 15.2 Å². The Bertz CT molecular complexity index is 2300. The van der Waals surface area contributed by atoms with Crippen molar-refractivity contribution in [2.75, 3.05) is 18.1 Å². The van der Waals surface area contributed by atoms with Crippen LogP contribution in [-0.4, -0.2) is 88.3 Å². The number of allylic oxidation sites excluding steroid dienone is 2. The van der Waals surface area contributed by atoms with Gasteiger partial charge in [0.15, 0.2) is 0 Å². The van der Waals surface area contributed by atoms with Gasteiger partial charge >= 0.3 is 206 Å². The number of carboxylic acids is 2. The number of piperidine rings is 1. The van der Waals surface area contributed by atoms with Crippen LogP contribution >= 0.6 is 0 Å². The average molecular weight is 894 g/mol. The van der Waals surface area contributed by atoms with Crippen molar-refractivity contribution in [3.05, 3.63) is 89.2 Å². The fourth-order valence-electron chi connectivity index (χ4n) is 5.13. The summed E-state index contributed by atoms with van der Waals surface area (Å²) in [4.78, 5) is 51.1. The van der Waals surface area contributed by atoms with Crippen LogP contribution in [0.3, 0.4) is 0 Å². The molecule has 2 aliphatic heterocycles. The summed E-state index contributed by atoms with van der Waals surface area (Å²) in [7, 11) is -9.64. The number of nitrogens with zero attached hydrogens (tertiary/aromatic N) is 5. The molecule has 0 saturated carbocycles. The number of carbonyl (C=O) groups excluding carboxylic acids is 4. The van der Waals surface area contributed by atoms with E-state index in [-0.39, 0.29) is 222 Å². The number of anilines is 1. The molecule has 5 rings (SSSR count). The van der Waals surface area contributed by atoms with E-state index in [0.717, 1.165) is 83.9 Å². The maximum Gasteiger partial charge on any atom is 1.00 e. The van der Waals surface area contributed by atoms with Gasteiger partial charge in [-0.25, -0.2) is 21.5 Å². The van der Waals surface area contributed by atoms with Crippen LogP contribution in [0.4, 0.5) is 5.69 Å². The molecule has 2 aliphatic rings. The third kappa shape index (κ3) is 13.3. The standard InChI is InChI=1S/C31H27N5O13S2.4K/c37-27(34-16-2-1-3-17-34)18(4-14-23-25(30(40)41)32-35(28(23)38)19-6-10-21(11-7-19)50(44,45)46)5-15-24-26(31(42)43)33-36(29(24)39)20-8-12-22(13-9-20)51(47,48)49;;;;/h4-15,38H,1-3,16-17H2,(H,40,41)(H,42,43)(H,44,45,46)(H,47,48,49);;;;/q;4*+1/p-4/b14-4+,18-5-,24-15-;;;;. The topological polar surface area (TPSA) is 286 Å². The molecule has 0 aliphatic carbocycles. The van der Waals surface area contributed by atoms with Crippen molar-refractivity contribution in [1.29, 1.82) is 0 Å². The molecule has 0 spiro atoms. The predicted molar refractivity (Wildman–Crippen MR) is 167 cm³/mol. The number of aromatic nitrogens is 2. The number of rotatable bonds is 10. The van der Waals surface area contributed by atoms with E-state index < -0.39 is 82.2 Å². The Morgan fingerprint density at radius 1 is 0.764 bits per heavy atom. The summed E-state index contributed by atoms with van der Waals surface area (Å²) in [5, 5.41) is 43.0. The zero-order valence-corrected chi connectivity index (χ0v) is 44.0.